The summed E-state index contributed by atoms with van der Waals surface area (Å²) in [6.45, 7) is 6.82. The summed E-state index contributed by atoms with van der Waals surface area (Å²) < 4.78 is 1.11. The number of likely N-dealkylation sites (tertiary alicyclic amines) is 1. The molecule has 0 aliphatic carbocycles. The van der Waals surface area contributed by atoms with Gasteiger partial charge in [0.25, 0.3) is 0 Å². The van der Waals surface area contributed by atoms with Gasteiger partial charge in [0.15, 0.2) is 0 Å². The molecule has 0 unspecified atom stereocenters. The van der Waals surface area contributed by atoms with Gasteiger partial charge in [0.05, 0.1) is 0 Å². The minimum absolute atomic E-state index is 0.281. The zero-order chi connectivity index (χ0) is 14.5. The minimum atomic E-state index is 0.281. The summed E-state index contributed by atoms with van der Waals surface area (Å²) in [7, 11) is 0. The fraction of sp³-hybridized carbons (Fsp3) is 0.562. The molecule has 0 radical (unpaired) electrons. The fourth-order valence-corrected chi connectivity index (χ4v) is 3.01. The number of amides is 1. The van der Waals surface area contributed by atoms with E-state index in [2.05, 4.69) is 52.4 Å². The van der Waals surface area contributed by atoms with Crippen LogP contribution in [0.1, 0.15) is 32.3 Å². The summed E-state index contributed by atoms with van der Waals surface area (Å²) in [6, 6.07) is 8.92. The lowest BCUT2D eigenvalue weighted by Gasteiger charge is -2.37. The van der Waals surface area contributed by atoms with Crippen molar-refractivity contribution in [3.8, 4) is 0 Å². The highest BCUT2D eigenvalue weighted by atomic mass is 79.9. The van der Waals surface area contributed by atoms with Crippen LogP contribution < -0.4 is 5.32 Å². The van der Waals surface area contributed by atoms with E-state index in [1.165, 1.54) is 5.56 Å². The molecule has 0 saturated carbocycles. The Kier molecular flexibility index (Phi) is 5.61. The zero-order valence-corrected chi connectivity index (χ0v) is 13.8. The molecule has 110 valence electrons. The number of nitrogens with one attached hydrogen (secondary N) is 1. The monoisotopic (exact) mass is 338 g/mol. The van der Waals surface area contributed by atoms with Crippen LogP contribution in [0.2, 0.25) is 0 Å². The summed E-state index contributed by atoms with van der Waals surface area (Å²) in [5, 5.41) is 3.63. The molecule has 0 spiro atoms. The van der Waals surface area contributed by atoms with Gasteiger partial charge in [0.1, 0.15) is 0 Å². The fourth-order valence-electron chi connectivity index (χ4n) is 2.75. The Morgan fingerprint density at radius 1 is 1.40 bits per heavy atom. The highest BCUT2D eigenvalue weighted by molar-refractivity contribution is 9.10. The third-order valence-electron chi connectivity index (χ3n) is 4.04. The molecule has 20 heavy (non-hydrogen) atoms. The van der Waals surface area contributed by atoms with Gasteiger partial charge in [0, 0.05) is 36.6 Å². The van der Waals surface area contributed by atoms with Crippen LogP contribution in [0.25, 0.3) is 0 Å². The van der Waals surface area contributed by atoms with Crippen molar-refractivity contribution in [3.63, 3.8) is 0 Å². The Bertz CT molecular complexity index is 446. The molecule has 4 heteroatoms. The van der Waals surface area contributed by atoms with E-state index in [1.807, 2.05) is 11.8 Å². The summed E-state index contributed by atoms with van der Waals surface area (Å²) in [4.78, 5) is 13.7. The standard InChI is InChI=1S/C16H23BrN2O/c1-3-16(20)19-9-8-15(12(2)11-19)18-10-13-4-6-14(17)7-5-13/h4-7,12,15,18H,3,8-11H2,1-2H3/t12-,15-/m1/s1. The Labute approximate surface area is 129 Å². The topological polar surface area (TPSA) is 32.3 Å². The third kappa shape index (κ3) is 4.06. The molecule has 1 aliphatic rings. The SMILES string of the molecule is CCC(=O)N1CC[C@@H](NCc2ccc(Br)cc2)[C@H](C)C1. The number of nitrogens with zero attached hydrogens (tertiary/aromatic N) is 1. The molecule has 2 atom stereocenters. The van der Waals surface area contributed by atoms with Crippen LogP contribution in [0.3, 0.4) is 0 Å². The zero-order valence-electron chi connectivity index (χ0n) is 12.2. The molecule has 1 amide bonds. The predicted molar refractivity (Wildman–Crippen MR) is 85.4 cm³/mol. The Morgan fingerprint density at radius 3 is 2.70 bits per heavy atom. The minimum Gasteiger partial charge on any atom is -0.342 e. The van der Waals surface area contributed by atoms with Crippen LogP contribution in [0.15, 0.2) is 28.7 Å². The summed E-state index contributed by atoms with van der Waals surface area (Å²) in [5.74, 6) is 0.790. The first-order chi connectivity index (χ1) is 9.60. The molecular weight excluding hydrogens is 316 g/mol. The molecule has 1 aromatic carbocycles. The van der Waals surface area contributed by atoms with Crippen LogP contribution in [0, 0.1) is 5.92 Å². The van der Waals surface area contributed by atoms with Crippen molar-refractivity contribution in [3.05, 3.63) is 34.3 Å². The van der Waals surface area contributed by atoms with Crippen molar-refractivity contribution in [2.75, 3.05) is 13.1 Å². The van der Waals surface area contributed by atoms with Crippen molar-refractivity contribution < 1.29 is 4.79 Å². The highest BCUT2D eigenvalue weighted by Gasteiger charge is 2.27. The first-order valence-electron chi connectivity index (χ1n) is 7.35. The quantitative estimate of drug-likeness (QED) is 0.914. The van der Waals surface area contributed by atoms with E-state index in [-0.39, 0.29) is 5.91 Å². The second-order valence-electron chi connectivity index (χ2n) is 5.57. The molecular formula is C16H23BrN2O. The molecule has 3 nitrogen and oxygen atoms in total. The van der Waals surface area contributed by atoms with Gasteiger partial charge in [-0.2, -0.15) is 0 Å². The van der Waals surface area contributed by atoms with E-state index in [9.17, 15) is 4.79 Å². The van der Waals surface area contributed by atoms with Gasteiger partial charge in [-0.3, -0.25) is 4.79 Å². The molecule has 1 N–H and O–H groups in total. The van der Waals surface area contributed by atoms with Gasteiger partial charge in [-0.25, -0.2) is 0 Å². The van der Waals surface area contributed by atoms with Gasteiger partial charge >= 0.3 is 0 Å². The number of halogens is 1. The maximum absolute atomic E-state index is 11.7. The van der Waals surface area contributed by atoms with Crippen molar-refractivity contribution in [2.45, 2.75) is 39.3 Å². The summed E-state index contributed by atoms with van der Waals surface area (Å²) in [5.41, 5.74) is 1.30. The molecule has 1 aliphatic heterocycles. The predicted octanol–water partition coefficient (Wildman–Crippen LogP) is 3.19. The molecule has 0 aromatic heterocycles. The molecule has 1 aromatic rings. The van der Waals surface area contributed by atoms with E-state index in [0.29, 0.717) is 18.4 Å². The summed E-state index contributed by atoms with van der Waals surface area (Å²) in [6.07, 6.45) is 1.66. The number of rotatable bonds is 4. The Hall–Kier alpha value is -0.870. The van der Waals surface area contributed by atoms with E-state index < -0.39 is 0 Å². The molecule has 1 fully saturated rings. The van der Waals surface area contributed by atoms with E-state index in [0.717, 1.165) is 30.5 Å². The average Bonchev–Trinajstić information content (AvgIpc) is 2.46. The third-order valence-corrected chi connectivity index (χ3v) is 4.57. The van der Waals surface area contributed by atoms with E-state index >= 15 is 0 Å². The smallest absolute Gasteiger partial charge is 0.222 e. The van der Waals surface area contributed by atoms with Crippen molar-refractivity contribution in [2.24, 2.45) is 5.92 Å². The Balaban J connectivity index is 1.83. The number of carbonyl (C=O) groups is 1. The van der Waals surface area contributed by atoms with Crippen LogP contribution >= 0.6 is 15.9 Å². The van der Waals surface area contributed by atoms with Gasteiger partial charge < -0.3 is 10.2 Å². The van der Waals surface area contributed by atoms with Gasteiger partial charge in [-0.15, -0.1) is 0 Å². The average molecular weight is 339 g/mol. The number of benzene rings is 1. The van der Waals surface area contributed by atoms with Crippen LogP contribution in [0.5, 0.6) is 0 Å². The lowest BCUT2D eigenvalue weighted by Crippen LogP contribution is -2.49. The second-order valence-corrected chi connectivity index (χ2v) is 6.49. The highest BCUT2D eigenvalue weighted by Crippen LogP contribution is 2.18. The number of piperidine rings is 1. The van der Waals surface area contributed by atoms with E-state index in [4.69, 9.17) is 0 Å². The van der Waals surface area contributed by atoms with Gasteiger partial charge in [-0.05, 0) is 30.0 Å². The number of hydrogen-bond acceptors (Lipinski definition) is 2. The maximum atomic E-state index is 11.7. The van der Waals surface area contributed by atoms with Crippen LogP contribution in [0.4, 0.5) is 0 Å². The lowest BCUT2D eigenvalue weighted by atomic mass is 9.93. The normalized spacial score (nSPS) is 22.9. The first-order valence-corrected chi connectivity index (χ1v) is 8.15. The number of hydrogen-bond donors (Lipinski definition) is 1. The van der Waals surface area contributed by atoms with Gasteiger partial charge in [-0.1, -0.05) is 41.9 Å². The lowest BCUT2D eigenvalue weighted by molar-refractivity contribution is -0.132. The van der Waals surface area contributed by atoms with Crippen molar-refractivity contribution >= 4 is 21.8 Å². The number of carbonyl (C=O) groups excluding carboxylic acids is 1. The first kappa shape index (κ1) is 15.5. The van der Waals surface area contributed by atoms with Crippen molar-refractivity contribution in [1.29, 1.82) is 0 Å². The van der Waals surface area contributed by atoms with E-state index in [1.54, 1.807) is 0 Å². The van der Waals surface area contributed by atoms with Gasteiger partial charge in [0.2, 0.25) is 5.91 Å². The molecule has 2 rings (SSSR count). The molecule has 1 heterocycles. The summed E-state index contributed by atoms with van der Waals surface area (Å²) >= 11 is 3.45. The molecule has 1 saturated heterocycles. The molecule has 0 bridgehead atoms. The van der Waals surface area contributed by atoms with Crippen LogP contribution in [-0.2, 0) is 11.3 Å². The Morgan fingerprint density at radius 2 is 2.10 bits per heavy atom. The van der Waals surface area contributed by atoms with Crippen LogP contribution in [-0.4, -0.2) is 29.9 Å². The van der Waals surface area contributed by atoms with Crippen molar-refractivity contribution in [1.82, 2.24) is 10.2 Å². The second kappa shape index (κ2) is 7.23. The maximum Gasteiger partial charge on any atom is 0.222 e. The largest absolute Gasteiger partial charge is 0.342 e.